The molecule has 0 aliphatic carbocycles. The van der Waals surface area contributed by atoms with Gasteiger partial charge in [-0.1, -0.05) is 0 Å². The third kappa shape index (κ3) is 6.68. The number of ether oxygens (including phenoxy) is 1. The van der Waals surface area contributed by atoms with Gasteiger partial charge in [-0.2, -0.15) is 13.2 Å². The van der Waals surface area contributed by atoms with Crippen molar-refractivity contribution in [3.05, 3.63) is 30.1 Å². The second-order valence-corrected chi connectivity index (χ2v) is 10.8. The van der Waals surface area contributed by atoms with Crippen LogP contribution in [0.4, 0.5) is 24.8 Å². The van der Waals surface area contributed by atoms with Crippen LogP contribution in [0.5, 0.6) is 0 Å². The monoisotopic (exact) mass is 561 g/mol. The maximum absolute atomic E-state index is 13.0. The average molecular weight is 562 g/mol. The standard InChI is InChI=1S/C25H30F3N9OS/c1-15(29)9-20(30)32-21-11-22(37-13-16(14-37)36-5-7-38-8-6-36)34-24(33-21)39-17-3-4-18-19(10-17)35(2)23(31-18)12-25(26,27)28/h3-4,10-11,16,29H,5-9,12-14H2,1-2H3,(H2,30,32,33,34). The van der Waals surface area contributed by atoms with Crippen LogP contribution in [0, 0.1) is 5.41 Å². The fourth-order valence-electron chi connectivity index (χ4n) is 4.67. The number of nitrogens with zero attached hydrogens (tertiary/aromatic N) is 7. The molecular weight excluding hydrogens is 531 g/mol. The Balaban J connectivity index is 1.40. The molecule has 0 radical (unpaired) electrons. The predicted octanol–water partition coefficient (Wildman–Crippen LogP) is 3.56. The molecule has 0 saturated carbocycles. The zero-order chi connectivity index (χ0) is 27.7. The number of imidazole rings is 1. The highest BCUT2D eigenvalue weighted by molar-refractivity contribution is 7.99. The van der Waals surface area contributed by atoms with E-state index < -0.39 is 12.6 Å². The first-order chi connectivity index (χ1) is 18.5. The molecule has 5 rings (SSSR count). The topological polar surface area (TPSA) is 122 Å². The molecule has 0 atom stereocenters. The van der Waals surface area contributed by atoms with Crippen LogP contribution >= 0.6 is 11.8 Å². The molecule has 0 unspecified atom stereocenters. The van der Waals surface area contributed by atoms with E-state index in [0.717, 1.165) is 50.1 Å². The number of aromatic nitrogens is 4. The molecule has 2 aromatic heterocycles. The number of rotatable bonds is 8. The molecular formula is C25H30F3N9OS. The van der Waals surface area contributed by atoms with Gasteiger partial charge in [-0.25, -0.2) is 19.9 Å². The smallest absolute Gasteiger partial charge is 0.387 e. The quantitative estimate of drug-likeness (QED) is 0.243. The van der Waals surface area contributed by atoms with Crippen molar-refractivity contribution in [1.29, 1.82) is 5.41 Å². The van der Waals surface area contributed by atoms with Crippen molar-refractivity contribution in [2.75, 3.05) is 44.3 Å². The van der Waals surface area contributed by atoms with Crippen LogP contribution in [-0.4, -0.2) is 87.6 Å². The number of alkyl halides is 3. The van der Waals surface area contributed by atoms with Gasteiger partial charge in [-0.15, -0.1) is 0 Å². The van der Waals surface area contributed by atoms with Gasteiger partial charge in [0.05, 0.1) is 24.2 Å². The van der Waals surface area contributed by atoms with E-state index in [0.29, 0.717) is 33.8 Å². The molecule has 2 aliphatic rings. The molecule has 3 N–H and O–H groups in total. The summed E-state index contributed by atoms with van der Waals surface area (Å²) in [6.45, 7) is 6.63. The zero-order valence-corrected chi connectivity index (χ0v) is 22.5. The van der Waals surface area contributed by atoms with Crippen LogP contribution in [0.2, 0.25) is 0 Å². The lowest BCUT2D eigenvalue weighted by Crippen LogP contribution is -2.61. The van der Waals surface area contributed by atoms with Gasteiger partial charge in [-0.05, 0) is 36.9 Å². The van der Waals surface area contributed by atoms with Crippen LogP contribution in [0.3, 0.4) is 0 Å². The first-order valence-electron chi connectivity index (χ1n) is 12.6. The number of aliphatic imine (C=N–C) groups is 1. The summed E-state index contributed by atoms with van der Waals surface area (Å²) in [5.41, 5.74) is 7.52. The summed E-state index contributed by atoms with van der Waals surface area (Å²) in [5, 5.41) is 8.14. The van der Waals surface area contributed by atoms with Crippen LogP contribution in [-0.2, 0) is 18.2 Å². The first-order valence-corrected chi connectivity index (χ1v) is 13.4. The summed E-state index contributed by atoms with van der Waals surface area (Å²) in [4.78, 5) is 23.3. The molecule has 39 heavy (non-hydrogen) atoms. The highest BCUT2D eigenvalue weighted by atomic mass is 32.2. The van der Waals surface area contributed by atoms with Crippen molar-refractivity contribution in [3.8, 4) is 0 Å². The van der Waals surface area contributed by atoms with Crippen LogP contribution in [0.1, 0.15) is 19.2 Å². The van der Waals surface area contributed by atoms with Gasteiger partial charge < -0.3 is 25.3 Å². The molecule has 0 spiro atoms. The number of nitrogens with two attached hydrogens (primary N) is 1. The zero-order valence-electron chi connectivity index (χ0n) is 21.7. The van der Waals surface area contributed by atoms with Gasteiger partial charge >= 0.3 is 6.18 Å². The predicted molar refractivity (Wildman–Crippen MR) is 144 cm³/mol. The molecule has 4 heterocycles. The molecule has 1 aromatic carbocycles. The maximum atomic E-state index is 13.0. The molecule has 208 valence electrons. The van der Waals surface area contributed by atoms with E-state index in [9.17, 15) is 13.2 Å². The lowest BCUT2D eigenvalue weighted by Gasteiger charge is -2.47. The number of amidine groups is 1. The Morgan fingerprint density at radius 1 is 1.18 bits per heavy atom. The Kier molecular flexibility index (Phi) is 7.78. The summed E-state index contributed by atoms with van der Waals surface area (Å²) >= 11 is 1.29. The third-order valence-electron chi connectivity index (χ3n) is 6.64. The summed E-state index contributed by atoms with van der Waals surface area (Å²) < 4.78 is 45.8. The highest BCUT2D eigenvalue weighted by Crippen LogP contribution is 2.33. The van der Waals surface area contributed by atoms with Gasteiger partial charge in [0.1, 0.15) is 23.9 Å². The lowest BCUT2D eigenvalue weighted by atomic mass is 10.1. The number of morpholine rings is 1. The van der Waals surface area contributed by atoms with Crippen molar-refractivity contribution in [1.82, 2.24) is 24.4 Å². The van der Waals surface area contributed by atoms with E-state index in [1.165, 1.54) is 16.3 Å². The molecule has 0 bridgehead atoms. The third-order valence-corrected chi connectivity index (χ3v) is 7.50. The largest absolute Gasteiger partial charge is 0.396 e. The van der Waals surface area contributed by atoms with Crippen molar-refractivity contribution in [2.45, 2.75) is 42.0 Å². The normalized spacial score (nSPS) is 17.6. The van der Waals surface area contributed by atoms with Gasteiger partial charge in [0.25, 0.3) is 0 Å². The second kappa shape index (κ2) is 11.1. The Bertz CT molecular complexity index is 1400. The van der Waals surface area contributed by atoms with Crippen LogP contribution < -0.4 is 10.6 Å². The minimum absolute atomic E-state index is 0.0425. The minimum atomic E-state index is -4.34. The molecule has 3 aromatic rings. The van der Waals surface area contributed by atoms with Gasteiger partial charge in [0.2, 0.25) is 0 Å². The van der Waals surface area contributed by atoms with E-state index in [1.54, 1.807) is 38.2 Å². The van der Waals surface area contributed by atoms with E-state index in [-0.39, 0.29) is 18.1 Å². The van der Waals surface area contributed by atoms with E-state index in [2.05, 4.69) is 24.8 Å². The number of hydrogen-bond acceptors (Lipinski definition) is 9. The van der Waals surface area contributed by atoms with Crippen LogP contribution in [0.15, 0.2) is 39.3 Å². The summed E-state index contributed by atoms with van der Waals surface area (Å²) in [5.74, 6) is 1.36. The van der Waals surface area contributed by atoms with Crippen molar-refractivity contribution < 1.29 is 17.9 Å². The highest BCUT2D eigenvalue weighted by Gasteiger charge is 2.34. The number of anilines is 1. The Morgan fingerprint density at radius 3 is 2.62 bits per heavy atom. The Labute approximate surface area is 228 Å². The van der Waals surface area contributed by atoms with Crippen molar-refractivity contribution >= 4 is 46.0 Å². The SMILES string of the molecule is CC(=N)CC(N)=Nc1cc(N2CC(N3CCOCC3)C2)nc(Sc2ccc3nc(CC(F)(F)F)n(C)c3c2)n1. The van der Waals surface area contributed by atoms with Gasteiger partial charge in [-0.3, -0.25) is 4.90 Å². The van der Waals surface area contributed by atoms with Crippen molar-refractivity contribution in [2.24, 2.45) is 17.8 Å². The summed E-state index contributed by atoms with van der Waals surface area (Å²) in [6.07, 6.45) is -5.19. The fraction of sp³-hybridized carbons (Fsp3) is 0.480. The molecule has 2 fully saturated rings. The second-order valence-electron chi connectivity index (χ2n) is 9.77. The number of benzene rings is 1. The molecule has 0 amide bonds. The minimum Gasteiger partial charge on any atom is -0.387 e. The van der Waals surface area contributed by atoms with Gasteiger partial charge in [0, 0.05) is 62.4 Å². The molecule has 10 nitrogen and oxygen atoms in total. The van der Waals surface area contributed by atoms with Crippen LogP contribution in [0.25, 0.3) is 11.0 Å². The number of hydrogen-bond donors (Lipinski definition) is 2. The average Bonchev–Trinajstić information content (AvgIpc) is 3.11. The molecule has 14 heteroatoms. The van der Waals surface area contributed by atoms with E-state index in [1.807, 2.05) is 0 Å². The number of halogens is 3. The number of nitrogens with one attached hydrogen (secondary N) is 1. The Morgan fingerprint density at radius 2 is 1.92 bits per heavy atom. The number of fused-ring (bicyclic) bond motifs is 1. The maximum Gasteiger partial charge on any atom is 0.396 e. The van der Waals surface area contributed by atoms with Gasteiger partial charge in [0.15, 0.2) is 11.0 Å². The molecule has 2 saturated heterocycles. The summed E-state index contributed by atoms with van der Waals surface area (Å²) in [7, 11) is 1.58. The lowest BCUT2D eigenvalue weighted by molar-refractivity contribution is -0.128. The summed E-state index contributed by atoms with van der Waals surface area (Å²) in [6, 6.07) is 7.50. The van der Waals surface area contributed by atoms with Crippen molar-refractivity contribution in [3.63, 3.8) is 0 Å². The fourth-order valence-corrected chi connectivity index (χ4v) is 5.46. The van der Waals surface area contributed by atoms with E-state index in [4.69, 9.17) is 20.9 Å². The first kappa shape index (κ1) is 27.3. The van der Waals surface area contributed by atoms with E-state index >= 15 is 0 Å². The molecule has 2 aliphatic heterocycles. The number of aryl methyl sites for hydroxylation is 1. The Hall–Kier alpha value is -3.23.